The highest BCUT2D eigenvalue weighted by molar-refractivity contribution is 5.95. The third-order valence-corrected chi connectivity index (χ3v) is 4.32. The van der Waals surface area contributed by atoms with Crippen LogP contribution in [0.1, 0.15) is 34.3 Å². The molecule has 0 unspecified atom stereocenters. The first-order chi connectivity index (χ1) is 12.2. The molecule has 1 saturated carbocycles. The molecule has 0 atom stereocenters. The third-order valence-electron chi connectivity index (χ3n) is 4.32. The smallest absolute Gasteiger partial charge is 0.254 e. The molecule has 128 valence electrons. The predicted octanol–water partition coefficient (Wildman–Crippen LogP) is 3.38. The second-order valence-electron chi connectivity index (χ2n) is 6.03. The van der Waals surface area contributed by atoms with Crippen LogP contribution in [-0.4, -0.2) is 31.1 Å². The summed E-state index contributed by atoms with van der Waals surface area (Å²) in [6.45, 7) is 0.445. The van der Waals surface area contributed by atoms with Gasteiger partial charge in [-0.3, -0.25) is 4.79 Å². The molecule has 1 aliphatic rings. The lowest BCUT2D eigenvalue weighted by molar-refractivity contribution is 0.0728. The maximum Gasteiger partial charge on any atom is 0.254 e. The molecule has 0 N–H and O–H groups in total. The van der Waals surface area contributed by atoms with Gasteiger partial charge < -0.3 is 14.4 Å². The van der Waals surface area contributed by atoms with E-state index in [0.29, 0.717) is 17.7 Å². The van der Waals surface area contributed by atoms with Crippen molar-refractivity contribution in [1.29, 1.82) is 5.26 Å². The quantitative estimate of drug-likeness (QED) is 0.811. The summed E-state index contributed by atoms with van der Waals surface area (Å²) in [4.78, 5) is 14.9. The molecule has 0 bridgehead atoms. The fourth-order valence-electron chi connectivity index (χ4n) is 2.83. The summed E-state index contributed by atoms with van der Waals surface area (Å²) >= 11 is 0. The molecule has 0 aliphatic heterocycles. The number of carbonyl (C=O) groups excluding carboxylic acids is 1. The lowest BCUT2D eigenvalue weighted by Gasteiger charge is -2.24. The lowest BCUT2D eigenvalue weighted by atomic mass is 10.1. The molecule has 5 heteroatoms. The van der Waals surface area contributed by atoms with E-state index in [4.69, 9.17) is 14.7 Å². The summed E-state index contributed by atoms with van der Waals surface area (Å²) < 4.78 is 10.7. The van der Waals surface area contributed by atoms with Gasteiger partial charge >= 0.3 is 0 Å². The largest absolute Gasteiger partial charge is 0.497 e. The molecule has 1 fully saturated rings. The molecular weight excluding hydrogens is 316 g/mol. The highest BCUT2D eigenvalue weighted by Gasteiger charge is 2.33. The number of nitrogens with zero attached hydrogens (tertiary/aromatic N) is 2. The van der Waals surface area contributed by atoms with Crippen LogP contribution in [0.15, 0.2) is 42.5 Å². The van der Waals surface area contributed by atoms with Crippen molar-refractivity contribution < 1.29 is 14.3 Å². The lowest BCUT2D eigenvalue weighted by Crippen LogP contribution is -2.32. The zero-order valence-electron chi connectivity index (χ0n) is 14.4. The van der Waals surface area contributed by atoms with Crippen LogP contribution in [0.5, 0.6) is 11.5 Å². The first-order valence-electron chi connectivity index (χ1n) is 8.18. The minimum atomic E-state index is -0.0653. The fraction of sp³-hybridized carbons (Fsp3) is 0.300. The van der Waals surface area contributed by atoms with Gasteiger partial charge in [0.05, 0.1) is 32.4 Å². The molecule has 3 rings (SSSR count). The van der Waals surface area contributed by atoms with Crippen molar-refractivity contribution in [3.05, 3.63) is 59.2 Å². The zero-order chi connectivity index (χ0) is 17.8. The van der Waals surface area contributed by atoms with E-state index >= 15 is 0 Å². The molecule has 0 heterocycles. The normalized spacial score (nSPS) is 13.0. The van der Waals surface area contributed by atoms with Crippen LogP contribution in [0.2, 0.25) is 0 Å². The van der Waals surface area contributed by atoms with Crippen molar-refractivity contribution >= 4 is 5.91 Å². The number of carbonyl (C=O) groups is 1. The maximum absolute atomic E-state index is 13.0. The number of hydrogen-bond acceptors (Lipinski definition) is 4. The Balaban J connectivity index is 1.90. The van der Waals surface area contributed by atoms with Crippen LogP contribution >= 0.6 is 0 Å². The molecule has 25 heavy (non-hydrogen) atoms. The van der Waals surface area contributed by atoms with Gasteiger partial charge in [-0.15, -0.1) is 0 Å². The zero-order valence-corrected chi connectivity index (χ0v) is 14.4. The van der Waals surface area contributed by atoms with E-state index in [-0.39, 0.29) is 11.9 Å². The van der Waals surface area contributed by atoms with Gasteiger partial charge in [-0.05, 0) is 49.2 Å². The fourth-order valence-corrected chi connectivity index (χ4v) is 2.83. The maximum atomic E-state index is 13.0. The molecule has 1 aliphatic carbocycles. The van der Waals surface area contributed by atoms with Gasteiger partial charge in [0.15, 0.2) is 0 Å². The highest BCUT2D eigenvalue weighted by atomic mass is 16.5. The number of hydrogen-bond donors (Lipinski definition) is 0. The summed E-state index contributed by atoms with van der Waals surface area (Å²) in [5.74, 6) is 1.39. The van der Waals surface area contributed by atoms with Crippen molar-refractivity contribution in [2.24, 2.45) is 0 Å². The van der Waals surface area contributed by atoms with Crippen LogP contribution in [0.25, 0.3) is 0 Å². The van der Waals surface area contributed by atoms with E-state index in [2.05, 4.69) is 6.07 Å². The van der Waals surface area contributed by atoms with Crippen molar-refractivity contribution in [1.82, 2.24) is 4.90 Å². The Hall–Kier alpha value is -3.00. The van der Waals surface area contributed by atoms with E-state index in [0.717, 1.165) is 29.9 Å². The van der Waals surface area contributed by atoms with Crippen LogP contribution in [0, 0.1) is 11.3 Å². The third kappa shape index (κ3) is 3.74. The number of amides is 1. The Morgan fingerprint density at radius 2 is 2.00 bits per heavy atom. The Kier molecular flexibility index (Phi) is 4.90. The Morgan fingerprint density at radius 3 is 2.64 bits per heavy atom. The molecular formula is C20H20N2O3. The molecule has 5 nitrogen and oxygen atoms in total. The predicted molar refractivity (Wildman–Crippen MR) is 93.6 cm³/mol. The van der Waals surface area contributed by atoms with Crippen LogP contribution in [-0.2, 0) is 6.54 Å². The first kappa shape index (κ1) is 16.8. The van der Waals surface area contributed by atoms with Crippen molar-refractivity contribution in [2.45, 2.75) is 25.4 Å². The summed E-state index contributed by atoms with van der Waals surface area (Å²) in [6.07, 6.45) is 1.99. The van der Waals surface area contributed by atoms with Gasteiger partial charge in [0.1, 0.15) is 11.5 Å². The Morgan fingerprint density at radius 1 is 1.20 bits per heavy atom. The van der Waals surface area contributed by atoms with Crippen molar-refractivity contribution in [3.63, 3.8) is 0 Å². The molecule has 2 aromatic carbocycles. The number of methoxy groups -OCH3 is 2. The van der Waals surface area contributed by atoms with Crippen LogP contribution < -0.4 is 9.47 Å². The van der Waals surface area contributed by atoms with Crippen molar-refractivity contribution in [2.75, 3.05) is 14.2 Å². The van der Waals surface area contributed by atoms with Gasteiger partial charge in [-0.1, -0.05) is 6.07 Å². The Labute approximate surface area is 147 Å². The van der Waals surface area contributed by atoms with Crippen LogP contribution in [0.4, 0.5) is 0 Å². The van der Waals surface area contributed by atoms with Gasteiger partial charge in [0.2, 0.25) is 0 Å². The highest BCUT2D eigenvalue weighted by Crippen LogP contribution is 2.33. The minimum Gasteiger partial charge on any atom is -0.497 e. The number of benzene rings is 2. The minimum absolute atomic E-state index is 0.0653. The summed E-state index contributed by atoms with van der Waals surface area (Å²) in [5, 5.41) is 9.06. The Bertz CT molecular complexity index is 822. The van der Waals surface area contributed by atoms with E-state index in [1.807, 2.05) is 23.1 Å². The molecule has 1 amide bonds. The van der Waals surface area contributed by atoms with E-state index in [1.165, 1.54) is 0 Å². The average molecular weight is 336 g/mol. The summed E-state index contributed by atoms with van der Waals surface area (Å²) in [6, 6.07) is 14.7. The molecule has 0 aromatic heterocycles. The van der Waals surface area contributed by atoms with Gasteiger partial charge in [0, 0.05) is 17.2 Å². The summed E-state index contributed by atoms with van der Waals surface area (Å²) in [5.41, 5.74) is 1.92. The van der Waals surface area contributed by atoms with E-state index < -0.39 is 0 Å². The molecule has 0 spiro atoms. The van der Waals surface area contributed by atoms with Crippen LogP contribution in [0.3, 0.4) is 0 Å². The summed E-state index contributed by atoms with van der Waals surface area (Å²) in [7, 11) is 3.23. The topological polar surface area (TPSA) is 62.6 Å². The first-order valence-corrected chi connectivity index (χ1v) is 8.18. The molecule has 2 aromatic rings. The van der Waals surface area contributed by atoms with E-state index in [9.17, 15) is 4.79 Å². The monoisotopic (exact) mass is 336 g/mol. The second-order valence-corrected chi connectivity index (χ2v) is 6.03. The van der Waals surface area contributed by atoms with Gasteiger partial charge in [-0.25, -0.2) is 0 Å². The second kappa shape index (κ2) is 7.27. The average Bonchev–Trinajstić information content (AvgIpc) is 3.50. The standard InChI is InChI=1S/C20H20N2O3/c1-24-18-8-9-19(25-2)16(11-18)13-22(17-6-7-17)20(23)15-5-3-4-14(10-15)12-21/h3-5,8-11,17H,6-7,13H2,1-2H3. The van der Waals surface area contributed by atoms with Crippen molar-refractivity contribution in [3.8, 4) is 17.6 Å². The number of nitriles is 1. The van der Waals surface area contributed by atoms with Gasteiger partial charge in [0.25, 0.3) is 5.91 Å². The van der Waals surface area contributed by atoms with E-state index in [1.54, 1.807) is 38.5 Å². The number of ether oxygens (including phenoxy) is 2. The number of rotatable bonds is 6. The van der Waals surface area contributed by atoms with Gasteiger partial charge in [-0.2, -0.15) is 5.26 Å². The molecule has 0 saturated heterocycles. The molecule has 0 radical (unpaired) electrons. The SMILES string of the molecule is COc1ccc(OC)c(CN(C(=O)c2cccc(C#N)c2)C2CC2)c1.